The zero-order valence-corrected chi connectivity index (χ0v) is 13.9. The quantitative estimate of drug-likeness (QED) is 0.733. The van der Waals surface area contributed by atoms with Gasteiger partial charge in [-0.2, -0.15) is 0 Å². The van der Waals surface area contributed by atoms with Crippen LogP contribution in [0.2, 0.25) is 0 Å². The van der Waals surface area contributed by atoms with Crippen LogP contribution >= 0.6 is 11.3 Å². The number of aliphatic hydroxyl groups excluding tert-OH is 1. The van der Waals surface area contributed by atoms with Crippen LogP contribution in [-0.2, 0) is 6.42 Å². The topological polar surface area (TPSA) is 83.7 Å². The van der Waals surface area contributed by atoms with E-state index >= 15 is 0 Å². The number of hydrogen-bond donors (Lipinski definition) is 2. The van der Waals surface area contributed by atoms with Gasteiger partial charge in [-0.1, -0.05) is 30.3 Å². The second-order valence-corrected chi connectivity index (χ2v) is 6.35. The summed E-state index contributed by atoms with van der Waals surface area (Å²) in [5, 5.41) is 14.0. The van der Waals surface area contributed by atoms with Crippen LogP contribution in [0.25, 0.3) is 4.96 Å². The third kappa shape index (κ3) is 3.22. The van der Waals surface area contributed by atoms with Gasteiger partial charge in [0, 0.05) is 17.3 Å². The number of carbonyl (C=O) groups is 1. The molecule has 0 radical (unpaired) electrons. The molecule has 2 aromatic heterocycles. The first kappa shape index (κ1) is 16.4. The number of carbonyl (C=O) groups excluding carboxylic acids is 1. The van der Waals surface area contributed by atoms with Crippen molar-refractivity contribution in [3.05, 3.63) is 69.1 Å². The molecule has 2 N–H and O–H groups in total. The van der Waals surface area contributed by atoms with Crippen molar-refractivity contribution in [1.29, 1.82) is 0 Å². The lowest BCUT2D eigenvalue weighted by Gasteiger charge is -2.16. The zero-order valence-electron chi connectivity index (χ0n) is 13.1. The molecule has 1 atom stereocenters. The Balaban J connectivity index is 1.82. The maximum Gasteiger partial charge on any atom is 0.271 e. The second kappa shape index (κ2) is 6.94. The molecule has 1 amide bonds. The Morgan fingerprint density at radius 2 is 2.12 bits per heavy atom. The van der Waals surface area contributed by atoms with E-state index in [2.05, 4.69) is 10.3 Å². The van der Waals surface area contributed by atoms with Gasteiger partial charge in [0.1, 0.15) is 5.56 Å². The van der Waals surface area contributed by atoms with Crippen molar-refractivity contribution >= 4 is 22.2 Å². The number of rotatable bonds is 5. The predicted molar refractivity (Wildman–Crippen MR) is 92.6 cm³/mol. The van der Waals surface area contributed by atoms with Crippen LogP contribution < -0.4 is 10.9 Å². The van der Waals surface area contributed by atoms with Crippen molar-refractivity contribution < 1.29 is 9.90 Å². The van der Waals surface area contributed by atoms with Crippen LogP contribution in [0.4, 0.5) is 0 Å². The van der Waals surface area contributed by atoms with E-state index in [1.807, 2.05) is 35.7 Å². The first-order chi connectivity index (χ1) is 11.6. The molecule has 0 aliphatic heterocycles. The highest BCUT2D eigenvalue weighted by molar-refractivity contribution is 7.15. The molecule has 24 heavy (non-hydrogen) atoms. The number of benzene rings is 1. The summed E-state index contributed by atoms with van der Waals surface area (Å²) in [6.45, 7) is 1.58. The summed E-state index contributed by atoms with van der Waals surface area (Å²) in [4.78, 5) is 29.6. The van der Waals surface area contributed by atoms with Crippen molar-refractivity contribution in [3.8, 4) is 0 Å². The number of aromatic nitrogens is 2. The Morgan fingerprint density at radius 3 is 2.83 bits per heavy atom. The zero-order chi connectivity index (χ0) is 17.1. The van der Waals surface area contributed by atoms with Crippen LogP contribution in [-0.4, -0.2) is 33.0 Å². The number of hydrogen-bond acceptors (Lipinski definition) is 5. The molecule has 0 spiro atoms. The van der Waals surface area contributed by atoms with E-state index in [1.165, 1.54) is 21.9 Å². The predicted octanol–water partition coefficient (Wildman–Crippen LogP) is 1.40. The van der Waals surface area contributed by atoms with Crippen LogP contribution in [0, 0.1) is 6.92 Å². The highest BCUT2D eigenvalue weighted by Crippen LogP contribution is 2.11. The van der Waals surface area contributed by atoms with Crippen LogP contribution in [0.3, 0.4) is 0 Å². The van der Waals surface area contributed by atoms with E-state index < -0.39 is 17.5 Å². The molecule has 1 unspecified atom stereocenters. The van der Waals surface area contributed by atoms with Crippen molar-refractivity contribution in [2.24, 2.45) is 0 Å². The van der Waals surface area contributed by atoms with Crippen molar-refractivity contribution in [1.82, 2.24) is 14.7 Å². The Hall–Kier alpha value is -2.51. The fourth-order valence-electron chi connectivity index (χ4n) is 2.50. The maximum atomic E-state index is 12.5. The molecule has 0 fully saturated rings. The number of amides is 1. The Labute approximate surface area is 142 Å². The van der Waals surface area contributed by atoms with E-state index in [1.54, 1.807) is 6.92 Å². The standard InChI is InChI=1S/C17H17N3O3S/c1-11-10-24-17-18-8-14(16(23)20(11)17)15(22)19-13(9-21)7-12-5-3-2-4-6-12/h2-6,8,10,13,21H,7,9H2,1H3,(H,19,22). The number of aliphatic hydroxyl groups is 1. The monoisotopic (exact) mass is 343 g/mol. The number of nitrogens with zero attached hydrogens (tertiary/aromatic N) is 2. The molecular formula is C17H17N3O3S. The molecule has 2 heterocycles. The first-order valence-electron chi connectivity index (χ1n) is 7.51. The van der Waals surface area contributed by atoms with Crippen LogP contribution in [0.1, 0.15) is 21.6 Å². The number of aryl methyl sites for hydroxylation is 1. The molecule has 3 rings (SSSR count). The summed E-state index contributed by atoms with van der Waals surface area (Å²) < 4.78 is 1.42. The molecule has 0 saturated heterocycles. The highest BCUT2D eigenvalue weighted by atomic mass is 32.1. The molecule has 124 valence electrons. The third-order valence-electron chi connectivity index (χ3n) is 3.74. The molecule has 0 aliphatic rings. The molecule has 0 saturated carbocycles. The first-order valence-corrected chi connectivity index (χ1v) is 8.39. The van der Waals surface area contributed by atoms with E-state index in [0.29, 0.717) is 11.4 Å². The minimum atomic E-state index is -0.525. The highest BCUT2D eigenvalue weighted by Gasteiger charge is 2.18. The van der Waals surface area contributed by atoms with E-state index in [9.17, 15) is 14.7 Å². The largest absolute Gasteiger partial charge is 0.394 e. The fraction of sp³-hybridized carbons (Fsp3) is 0.235. The maximum absolute atomic E-state index is 12.5. The average molecular weight is 343 g/mol. The summed E-state index contributed by atoms with van der Waals surface area (Å²) in [6, 6.07) is 9.08. The van der Waals surface area contributed by atoms with Gasteiger partial charge >= 0.3 is 0 Å². The van der Waals surface area contributed by atoms with Crippen LogP contribution in [0.5, 0.6) is 0 Å². The number of thiazole rings is 1. The fourth-order valence-corrected chi connectivity index (χ4v) is 3.33. The Morgan fingerprint density at radius 1 is 1.38 bits per heavy atom. The smallest absolute Gasteiger partial charge is 0.271 e. The third-order valence-corrected chi connectivity index (χ3v) is 4.70. The van der Waals surface area contributed by atoms with Gasteiger partial charge in [-0.15, -0.1) is 11.3 Å². The van der Waals surface area contributed by atoms with Gasteiger partial charge in [-0.3, -0.25) is 14.0 Å². The Bertz CT molecular complexity index is 918. The van der Waals surface area contributed by atoms with Crippen molar-refractivity contribution in [3.63, 3.8) is 0 Å². The number of nitrogens with one attached hydrogen (secondary N) is 1. The Kier molecular flexibility index (Phi) is 4.73. The second-order valence-electron chi connectivity index (χ2n) is 5.51. The van der Waals surface area contributed by atoms with E-state index in [-0.39, 0.29) is 12.2 Å². The normalized spacial score (nSPS) is 12.2. The van der Waals surface area contributed by atoms with Crippen molar-refractivity contribution in [2.45, 2.75) is 19.4 Å². The molecule has 6 nitrogen and oxygen atoms in total. The van der Waals surface area contributed by atoms with Gasteiger partial charge in [0.25, 0.3) is 11.5 Å². The SMILES string of the molecule is Cc1csc2ncc(C(=O)NC(CO)Cc3ccccc3)c(=O)n12. The molecule has 0 aliphatic carbocycles. The summed E-state index contributed by atoms with van der Waals surface area (Å²) in [5.74, 6) is -0.525. The summed E-state index contributed by atoms with van der Waals surface area (Å²) in [7, 11) is 0. The van der Waals surface area contributed by atoms with Gasteiger partial charge < -0.3 is 10.4 Å². The van der Waals surface area contributed by atoms with Gasteiger partial charge in [0.2, 0.25) is 0 Å². The lowest BCUT2D eigenvalue weighted by molar-refractivity contribution is 0.0914. The molecule has 7 heteroatoms. The molecule has 1 aromatic carbocycles. The van der Waals surface area contributed by atoms with Gasteiger partial charge in [0.05, 0.1) is 12.6 Å². The van der Waals surface area contributed by atoms with E-state index in [4.69, 9.17) is 0 Å². The minimum Gasteiger partial charge on any atom is -0.394 e. The van der Waals surface area contributed by atoms with Crippen molar-refractivity contribution in [2.75, 3.05) is 6.61 Å². The summed E-state index contributed by atoms with van der Waals surface area (Å²) in [6.07, 6.45) is 1.78. The molecule has 0 bridgehead atoms. The molecule has 3 aromatic rings. The van der Waals surface area contributed by atoms with Gasteiger partial charge in [0.15, 0.2) is 4.96 Å². The molecular weight excluding hydrogens is 326 g/mol. The van der Waals surface area contributed by atoms with Gasteiger partial charge in [-0.25, -0.2) is 4.98 Å². The van der Waals surface area contributed by atoms with Gasteiger partial charge in [-0.05, 0) is 18.9 Å². The van der Waals surface area contributed by atoms with Crippen LogP contribution in [0.15, 0.2) is 46.7 Å². The summed E-state index contributed by atoms with van der Waals surface area (Å²) >= 11 is 1.35. The van der Waals surface area contributed by atoms with E-state index in [0.717, 1.165) is 11.3 Å². The number of fused-ring (bicyclic) bond motifs is 1. The lowest BCUT2D eigenvalue weighted by atomic mass is 10.1. The minimum absolute atomic E-state index is 0.0273. The summed E-state index contributed by atoms with van der Waals surface area (Å²) in [5.41, 5.74) is 1.31. The average Bonchev–Trinajstić information content (AvgIpc) is 2.97. The lowest BCUT2D eigenvalue weighted by Crippen LogP contribution is -2.41.